The van der Waals surface area contributed by atoms with Gasteiger partial charge in [-0.15, -0.1) is 0 Å². The van der Waals surface area contributed by atoms with E-state index in [0.29, 0.717) is 53.9 Å². The third-order valence-corrected chi connectivity index (χ3v) is 6.52. The van der Waals surface area contributed by atoms with Gasteiger partial charge in [-0.3, -0.25) is 9.59 Å². The molecule has 1 N–H and O–H groups in total. The second-order valence-electron chi connectivity index (χ2n) is 8.55. The highest BCUT2D eigenvalue weighted by atomic mass is 16.6. The molecule has 9 heteroatoms. The van der Waals surface area contributed by atoms with Gasteiger partial charge >= 0.3 is 0 Å². The Labute approximate surface area is 202 Å². The number of methoxy groups -OCH3 is 2. The Balaban J connectivity index is 1.64. The third kappa shape index (κ3) is 4.16. The molecule has 0 aliphatic carbocycles. The van der Waals surface area contributed by atoms with E-state index in [4.69, 9.17) is 23.7 Å². The lowest BCUT2D eigenvalue weighted by atomic mass is 9.94. The summed E-state index contributed by atoms with van der Waals surface area (Å²) in [6.07, 6.45) is 1.49. The smallest absolute Gasteiger partial charge is 0.295 e. The van der Waals surface area contributed by atoms with Crippen molar-refractivity contribution in [3.63, 3.8) is 0 Å². The van der Waals surface area contributed by atoms with Gasteiger partial charge in [0.2, 0.25) is 0 Å². The van der Waals surface area contributed by atoms with Gasteiger partial charge in [-0.2, -0.15) is 0 Å². The van der Waals surface area contributed by atoms with Crippen LogP contribution in [-0.2, 0) is 14.3 Å². The van der Waals surface area contributed by atoms with Crippen LogP contribution in [0.3, 0.4) is 0 Å². The number of carbonyl (C=O) groups excluding carboxylic acids is 2. The van der Waals surface area contributed by atoms with E-state index in [0.717, 1.165) is 12.8 Å². The average molecular weight is 482 g/mol. The first kappa shape index (κ1) is 23.0. The van der Waals surface area contributed by atoms with E-state index < -0.39 is 17.7 Å². The van der Waals surface area contributed by atoms with Gasteiger partial charge in [0.25, 0.3) is 11.7 Å². The highest BCUT2D eigenvalue weighted by Crippen LogP contribution is 2.45. The first-order valence-electron chi connectivity index (χ1n) is 11.5. The van der Waals surface area contributed by atoms with E-state index in [-0.39, 0.29) is 24.0 Å². The van der Waals surface area contributed by atoms with Crippen LogP contribution in [-0.4, -0.2) is 68.4 Å². The fourth-order valence-corrected chi connectivity index (χ4v) is 4.79. The highest BCUT2D eigenvalue weighted by Gasteiger charge is 2.48. The third-order valence-electron chi connectivity index (χ3n) is 6.52. The summed E-state index contributed by atoms with van der Waals surface area (Å²) in [4.78, 5) is 28.0. The topological polar surface area (TPSA) is 104 Å². The van der Waals surface area contributed by atoms with Crippen molar-refractivity contribution in [2.75, 3.05) is 40.6 Å². The van der Waals surface area contributed by atoms with Crippen LogP contribution >= 0.6 is 0 Å². The lowest BCUT2D eigenvalue weighted by Crippen LogP contribution is -2.36. The molecule has 35 heavy (non-hydrogen) atoms. The maximum atomic E-state index is 13.3. The van der Waals surface area contributed by atoms with E-state index in [2.05, 4.69) is 0 Å². The van der Waals surface area contributed by atoms with Gasteiger partial charge in [-0.25, -0.2) is 0 Å². The summed E-state index contributed by atoms with van der Waals surface area (Å²) in [5.74, 6) is 0.265. The summed E-state index contributed by atoms with van der Waals surface area (Å²) in [5.41, 5.74) is 0.888. The highest BCUT2D eigenvalue weighted by molar-refractivity contribution is 6.46. The zero-order chi connectivity index (χ0) is 24.5. The molecule has 0 radical (unpaired) electrons. The fourth-order valence-electron chi connectivity index (χ4n) is 4.79. The Morgan fingerprint density at radius 2 is 1.83 bits per heavy atom. The number of benzene rings is 2. The second kappa shape index (κ2) is 9.50. The van der Waals surface area contributed by atoms with E-state index in [1.54, 1.807) is 43.5 Å². The Kier molecular flexibility index (Phi) is 6.25. The van der Waals surface area contributed by atoms with Crippen LogP contribution in [0.15, 0.2) is 42.0 Å². The predicted molar refractivity (Wildman–Crippen MR) is 125 cm³/mol. The van der Waals surface area contributed by atoms with Crippen molar-refractivity contribution in [2.45, 2.75) is 25.0 Å². The van der Waals surface area contributed by atoms with E-state index in [9.17, 15) is 14.7 Å². The lowest BCUT2D eigenvalue weighted by Gasteiger charge is -2.28. The summed E-state index contributed by atoms with van der Waals surface area (Å²) in [6.45, 7) is 1.65. The zero-order valence-electron chi connectivity index (χ0n) is 19.6. The molecule has 0 spiro atoms. The first-order valence-corrected chi connectivity index (χ1v) is 11.5. The molecule has 9 nitrogen and oxygen atoms in total. The SMILES string of the molecule is COc1ccc(C2C(=C(O)c3ccc4c(c3)OCCO4)C(=O)C(=O)N2CC2CCCO2)c(OC)c1. The molecule has 0 aromatic heterocycles. The van der Waals surface area contributed by atoms with E-state index in [1.165, 1.54) is 12.0 Å². The molecule has 184 valence electrons. The molecule has 2 unspecified atom stereocenters. The number of rotatable bonds is 6. The van der Waals surface area contributed by atoms with Gasteiger partial charge in [-0.05, 0) is 43.2 Å². The fraction of sp³-hybridized carbons (Fsp3) is 0.385. The van der Waals surface area contributed by atoms with Crippen molar-refractivity contribution < 1.29 is 38.4 Å². The minimum absolute atomic E-state index is 0.0202. The number of aliphatic hydroxyl groups is 1. The van der Waals surface area contributed by atoms with Crippen LogP contribution in [0.4, 0.5) is 0 Å². The van der Waals surface area contributed by atoms with Crippen LogP contribution in [0, 0.1) is 0 Å². The molecule has 0 saturated carbocycles. The molecular formula is C26H27NO8. The minimum atomic E-state index is -0.867. The number of ether oxygens (including phenoxy) is 5. The van der Waals surface area contributed by atoms with E-state index >= 15 is 0 Å². The van der Waals surface area contributed by atoms with Crippen LogP contribution < -0.4 is 18.9 Å². The second-order valence-corrected chi connectivity index (χ2v) is 8.55. The molecule has 2 atom stereocenters. The number of nitrogens with zero attached hydrogens (tertiary/aromatic N) is 1. The van der Waals surface area contributed by atoms with Gasteiger partial charge in [-0.1, -0.05) is 0 Å². The Morgan fingerprint density at radius 3 is 2.54 bits per heavy atom. The number of likely N-dealkylation sites (tertiary alicyclic amines) is 1. The number of fused-ring (bicyclic) bond motifs is 1. The normalized spacial score (nSPS) is 23.0. The van der Waals surface area contributed by atoms with Crippen molar-refractivity contribution in [3.05, 3.63) is 53.1 Å². The Bertz CT molecular complexity index is 1180. The van der Waals surface area contributed by atoms with Crippen molar-refractivity contribution in [1.29, 1.82) is 0 Å². The monoisotopic (exact) mass is 481 g/mol. The number of Topliss-reactive ketones (excluding diaryl/α,β-unsaturated/α-hetero) is 1. The minimum Gasteiger partial charge on any atom is -0.507 e. The molecule has 1 amide bonds. The van der Waals surface area contributed by atoms with Gasteiger partial charge in [0.05, 0.1) is 31.9 Å². The summed E-state index contributed by atoms with van der Waals surface area (Å²) in [5, 5.41) is 11.4. The molecule has 2 saturated heterocycles. The lowest BCUT2D eigenvalue weighted by molar-refractivity contribution is -0.140. The molecular weight excluding hydrogens is 454 g/mol. The molecule has 3 aliphatic rings. The number of carbonyl (C=O) groups is 2. The van der Waals surface area contributed by atoms with Gasteiger partial charge in [0.1, 0.15) is 30.5 Å². The largest absolute Gasteiger partial charge is 0.507 e. The summed E-state index contributed by atoms with van der Waals surface area (Å²) < 4.78 is 27.9. The molecule has 2 fully saturated rings. The maximum Gasteiger partial charge on any atom is 0.295 e. The Morgan fingerprint density at radius 1 is 1.03 bits per heavy atom. The number of ketones is 1. The number of amides is 1. The van der Waals surface area contributed by atoms with E-state index in [1.807, 2.05) is 0 Å². The van der Waals surface area contributed by atoms with Crippen molar-refractivity contribution in [3.8, 4) is 23.0 Å². The number of hydrogen-bond acceptors (Lipinski definition) is 8. The van der Waals surface area contributed by atoms with Crippen molar-refractivity contribution >= 4 is 17.4 Å². The van der Waals surface area contributed by atoms with Gasteiger partial charge in [0, 0.05) is 30.3 Å². The summed E-state index contributed by atoms with van der Waals surface area (Å²) in [6, 6.07) is 9.22. The number of aliphatic hydroxyl groups excluding tert-OH is 1. The van der Waals surface area contributed by atoms with Crippen molar-refractivity contribution in [2.24, 2.45) is 0 Å². The molecule has 3 heterocycles. The summed E-state index contributed by atoms with van der Waals surface area (Å²) in [7, 11) is 3.05. The summed E-state index contributed by atoms with van der Waals surface area (Å²) >= 11 is 0. The van der Waals surface area contributed by atoms with Crippen LogP contribution in [0.2, 0.25) is 0 Å². The van der Waals surface area contributed by atoms with Crippen LogP contribution in [0.5, 0.6) is 23.0 Å². The van der Waals surface area contributed by atoms with Gasteiger partial charge < -0.3 is 33.7 Å². The molecule has 2 aromatic rings. The maximum absolute atomic E-state index is 13.3. The zero-order valence-corrected chi connectivity index (χ0v) is 19.6. The van der Waals surface area contributed by atoms with Gasteiger partial charge in [0.15, 0.2) is 11.5 Å². The van der Waals surface area contributed by atoms with Crippen LogP contribution in [0.1, 0.15) is 30.0 Å². The average Bonchev–Trinajstić information content (AvgIpc) is 3.50. The van der Waals surface area contributed by atoms with Crippen LogP contribution in [0.25, 0.3) is 5.76 Å². The molecule has 0 bridgehead atoms. The molecule has 2 aromatic carbocycles. The first-order chi connectivity index (χ1) is 17.0. The molecule has 5 rings (SSSR count). The van der Waals surface area contributed by atoms with Crippen molar-refractivity contribution in [1.82, 2.24) is 4.90 Å². The Hall–Kier alpha value is -3.72. The molecule has 3 aliphatic heterocycles. The number of hydrogen-bond donors (Lipinski definition) is 1. The predicted octanol–water partition coefficient (Wildman–Crippen LogP) is 3.08. The quantitative estimate of drug-likeness (QED) is 0.382. The standard InChI is InChI=1S/C26H27NO8/c1-31-16-6-7-18(20(13-16)32-2)23-22(25(29)26(30)27(23)14-17-4-3-9-33-17)24(28)15-5-8-19-21(12-15)35-11-10-34-19/h5-8,12-13,17,23,28H,3-4,9-11,14H2,1-2H3.